The van der Waals surface area contributed by atoms with Crippen LogP contribution >= 0.6 is 43.7 Å². The molecule has 0 radical (unpaired) electrons. The molecule has 0 bridgehead atoms. The van der Waals surface area contributed by atoms with Crippen molar-refractivity contribution in [3.8, 4) is 0 Å². The van der Waals surface area contributed by atoms with Gasteiger partial charge in [-0.2, -0.15) is 0 Å². The van der Waals surface area contributed by atoms with Gasteiger partial charge < -0.3 is 4.29 Å². The second kappa shape index (κ2) is 5.68. The maximum atomic E-state index is 10.9. The smallest absolute Gasteiger partial charge is 0.344 e. The monoisotopic (exact) mass is 352 g/mol. The van der Waals surface area contributed by atoms with E-state index in [0.717, 1.165) is 20.1 Å². The number of allylic oxidation sites excluding steroid dienone is 1. The van der Waals surface area contributed by atoms with Gasteiger partial charge in [0.2, 0.25) is 0 Å². The maximum absolute atomic E-state index is 10.9. The van der Waals surface area contributed by atoms with Gasteiger partial charge in [-0.3, -0.25) is 0 Å². The van der Waals surface area contributed by atoms with Crippen LogP contribution in [0.15, 0.2) is 33.2 Å². The number of carbonyl (C=O) groups excluding carboxylic acids is 1. The zero-order chi connectivity index (χ0) is 11.4. The highest BCUT2D eigenvalue weighted by atomic mass is 79.9. The van der Waals surface area contributed by atoms with E-state index < -0.39 is 5.97 Å². The summed E-state index contributed by atoms with van der Waals surface area (Å²) in [6.07, 6.45) is 1.34. The van der Waals surface area contributed by atoms with Gasteiger partial charge in [0.25, 0.3) is 0 Å². The minimum absolute atomic E-state index is 0.576. The molecule has 15 heavy (non-hydrogen) atoms. The van der Waals surface area contributed by atoms with Crippen LogP contribution in [0.2, 0.25) is 0 Å². The molecule has 0 saturated carbocycles. The minimum atomic E-state index is -0.576. The topological polar surface area (TPSA) is 26.3 Å². The van der Waals surface area contributed by atoms with Gasteiger partial charge in [0, 0.05) is 15.0 Å². The lowest BCUT2D eigenvalue weighted by atomic mass is 10.1. The van der Waals surface area contributed by atoms with Crippen LogP contribution in [0.25, 0.3) is 5.57 Å². The second-order valence-corrected chi connectivity index (χ2v) is 4.72. The molecular formula is C10H7Br2ClO2. The van der Waals surface area contributed by atoms with Crippen molar-refractivity contribution in [2.45, 2.75) is 6.92 Å². The molecule has 5 heteroatoms. The van der Waals surface area contributed by atoms with Crippen LogP contribution < -0.4 is 0 Å². The van der Waals surface area contributed by atoms with Gasteiger partial charge in [0.05, 0.1) is 0 Å². The van der Waals surface area contributed by atoms with Crippen molar-refractivity contribution >= 4 is 55.3 Å². The van der Waals surface area contributed by atoms with E-state index in [2.05, 4.69) is 36.1 Å². The van der Waals surface area contributed by atoms with Crippen LogP contribution in [0.1, 0.15) is 12.5 Å². The van der Waals surface area contributed by atoms with Crippen molar-refractivity contribution in [1.29, 1.82) is 0 Å². The van der Waals surface area contributed by atoms with E-state index in [4.69, 9.17) is 11.9 Å². The average molecular weight is 354 g/mol. The number of halogens is 3. The Morgan fingerprint density at radius 2 is 2.07 bits per heavy atom. The van der Waals surface area contributed by atoms with Gasteiger partial charge in [-0.15, -0.1) is 0 Å². The molecular weight excluding hydrogens is 347 g/mol. The molecule has 1 aromatic carbocycles. The summed E-state index contributed by atoms with van der Waals surface area (Å²) in [7, 11) is 0. The normalized spacial score (nSPS) is 11.3. The van der Waals surface area contributed by atoms with Crippen LogP contribution in [0.5, 0.6) is 0 Å². The highest BCUT2D eigenvalue weighted by molar-refractivity contribution is 9.13. The number of rotatable bonds is 2. The van der Waals surface area contributed by atoms with Gasteiger partial charge in [-0.25, -0.2) is 4.79 Å². The predicted octanol–water partition coefficient (Wildman–Crippen LogP) is 4.31. The number of benzene rings is 1. The Kier molecular flexibility index (Phi) is 4.83. The highest BCUT2D eigenvalue weighted by Gasteiger charge is 2.03. The quantitative estimate of drug-likeness (QED) is 0.740. The van der Waals surface area contributed by atoms with Gasteiger partial charge >= 0.3 is 5.97 Å². The van der Waals surface area contributed by atoms with Gasteiger partial charge in [0.15, 0.2) is 0 Å². The first-order chi connectivity index (χ1) is 7.04. The number of hydrogen-bond donors (Lipinski definition) is 0. The average Bonchev–Trinajstić information content (AvgIpc) is 2.21. The highest BCUT2D eigenvalue weighted by Crippen LogP contribution is 2.26. The lowest BCUT2D eigenvalue weighted by Gasteiger charge is -2.03. The van der Waals surface area contributed by atoms with E-state index in [1.54, 1.807) is 0 Å². The standard InChI is InChI=1S/C10H7Br2ClO2/c1-6(4-10(14)15-13)7-2-3-8(11)9(12)5-7/h2-5H,1H3/b6-4+. The molecule has 0 fully saturated rings. The molecule has 0 aliphatic rings. The van der Waals surface area contributed by atoms with Crippen molar-refractivity contribution in [2.24, 2.45) is 0 Å². The van der Waals surface area contributed by atoms with E-state index in [9.17, 15) is 4.79 Å². The molecule has 0 aliphatic heterocycles. The third kappa shape index (κ3) is 3.63. The van der Waals surface area contributed by atoms with E-state index in [1.807, 2.05) is 25.1 Å². The van der Waals surface area contributed by atoms with Crippen molar-refractivity contribution < 1.29 is 9.08 Å². The van der Waals surface area contributed by atoms with E-state index in [-0.39, 0.29) is 0 Å². The number of carbonyl (C=O) groups is 1. The molecule has 0 heterocycles. The van der Waals surface area contributed by atoms with Crippen molar-refractivity contribution in [2.75, 3.05) is 0 Å². The van der Waals surface area contributed by atoms with Crippen LogP contribution in [0, 0.1) is 0 Å². The molecule has 0 N–H and O–H groups in total. The molecule has 1 rings (SSSR count). The SMILES string of the molecule is C/C(=C\C(=O)OCl)c1ccc(Br)c(Br)c1. The van der Waals surface area contributed by atoms with Gasteiger partial charge in [0.1, 0.15) is 11.9 Å². The summed E-state index contributed by atoms with van der Waals surface area (Å²) in [5.74, 6) is -0.576. The Balaban J connectivity index is 3.01. The molecule has 1 aromatic rings. The summed E-state index contributed by atoms with van der Waals surface area (Å²) < 4.78 is 5.91. The summed E-state index contributed by atoms with van der Waals surface area (Å²) in [6.45, 7) is 1.81. The summed E-state index contributed by atoms with van der Waals surface area (Å²) in [6, 6.07) is 5.68. The van der Waals surface area contributed by atoms with Crippen molar-refractivity contribution in [1.82, 2.24) is 0 Å². The third-order valence-corrected chi connectivity index (χ3v) is 3.82. The zero-order valence-corrected chi connectivity index (χ0v) is 11.7. The molecule has 0 atom stereocenters. The molecule has 0 unspecified atom stereocenters. The summed E-state index contributed by atoms with van der Waals surface area (Å²) in [5, 5.41) is 0. The summed E-state index contributed by atoms with van der Waals surface area (Å²) in [4.78, 5) is 10.9. The number of hydrogen-bond acceptors (Lipinski definition) is 2. The molecule has 0 saturated heterocycles. The summed E-state index contributed by atoms with van der Waals surface area (Å²) >= 11 is 11.7. The van der Waals surface area contributed by atoms with Crippen LogP contribution in [0.4, 0.5) is 0 Å². The van der Waals surface area contributed by atoms with Gasteiger partial charge in [-0.05, 0) is 62.1 Å². The Bertz CT molecular complexity index is 416. The fourth-order valence-electron chi connectivity index (χ4n) is 1.02. The van der Waals surface area contributed by atoms with Crippen LogP contribution in [0.3, 0.4) is 0 Å². The van der Waals surface area contributed by atoms with Crippen LogP contribution in [-0.2, 0) is 9.08 Å². The molecule has 0 spiro atoms. The van der Waals surface area contributed by atoms with Crippen molar-refractivity contribution in [3.63, 3.8) is 0 Å². The lowest BCUT2D eigenvalue weighted by molar-refractivity contribution is -0.128. The second-order valence-electron chi connectivity index (χ2n) is 2.85. The maximum Gasteiger partial charge on any atom is 0.349 e. The Labute approximate surface area is 110 Å². The fourth-order valence-corrected chi connectivity index (χ4v) is 1.69. The molecule has 80 valence electrons. The Hall–Kier alpha value is -0.320. The van der Waals surface area contributed by atoms with E-state index >= 15 is 0 Å². The molecule has 0 aromatic heterocycles. The first-order valence-corrected chi connectivity index (χ1v) is 5.90. The largest absolute Gasteiger partial charge is 0.349 e. The summed E-state index contributed by atoms with van der Waals surface area (Å²) in [5.41, 5.74) is 1.71. The first-order valence-electron chi connectivity index (χ1n) is 4.01. The zero-order valence-electron chi connectivity index (χ0n) is 7.76. The molecule has 0 aliphatic carbocycles. The Morgan fingerprint density at radius 3 is 2.60 bits per heavy atom. The van der Waals surface area contributed by atoms with E-state index in [1.165, 1.54) is 6.08 Å². The Morgan fingerprint density at radius 1 is 1.40 bits per heavy atom. The van der Waals surface area contributed by atoms with Crippen LogP contribution in [-0.4, -0.2) is 5.97 Å². The van der Waals surface area contributed by atoms with Gasteiger partial charge in [-0.1, -0.05) is 6.07 Å². The van der Waals surface area contributed by atoms with Crippen molar-refractivity contribution in [3.05, 3.63) is 38.8 Å². The first kappa shape index (κ1) is 12.7. The molecule has 2 nitrogen and oxygen atoms in total. The predicted molar refractivity (Wildman–Crippen MR) is 67.4 cm³/mol. The third-order valence-electron chi connectivity index (χ3n) is 1.79. The fraction of sp³-hybridized carbons (Fsp3) is 0.100. The minimum Gasteiger partial charge on any atom is -0.344 e. The van der Waals surface area contributed by atoms with E-state index in [0.29, 0.717) is 0 Å². The molecule has 0 amide bonds. The lowest BCUT2D eigenvalue weighted by Crippen LogP contribution is -1.92.